The van der Waals surface area contributed by atoms with Gasteiger partial charge in [-0.1, -0.05) is 49.6 Å². The molecule has 0 spiro atoms. The van der Waals surface area contributed by atoms with Gasteiger partial charge in [0.2, 0.25) is 0 Å². The quantitative estimate of drug-likeness (QED) is 0.718. The standard InChI is InChI=1S/C18H27NO2/c20-17(21)14-18(11-5-2-6-12-18)15-19-13-7-10-16-8-3-1-4-9-16/h1,3-4,8-9,19H,2,5-7,10-15H2,(H,20,21). The van der Waals surface area contributed by atoms with Crippen molar-refractivity contribution in [1.29, 1.82) is 0 Å². The number of carboxylic acids is 1. The first-order valence-electron chi connectivity index (χ1n) is 8.17. The minimum atomic E-state index is -0.650. The van der Waals surface area contributed by atoms with Crippen molar-refractivity contribution in [3.63, 3.8) is 0 Å². The molecule has 1 aromatic carbocycles. The lowest BCUT2D eigenvalue weighted by Gasteiger charge is -2.36. The van der Waals surface area contributed by atoms with E-state index in [2.05, 4.69) is 29.6 Å². The van der Waals surface area contributed by atoms with Crippen molar-refractivity contribution in [2.45, 2.75) is 51.4 Å². The first-order chi connectivity index (χ1) is 10.2. The molecule has 0 amide bonds. The number of hydrogen-bond acceptors (Lipinski definition) is 2. The van der Waals surface area contributed by atoms with E-state index in [1.165, 1.54) is 24.8 Å². The number of carboxylic acid groups (broad SMARTS) is 1. The highest BCUT2D eigenvalue weighted by Crippen LogP contribution is 2.38. The normalized spacial score (nSPS) is 17.5. The number of rotatable bonds is 8. The second-order valence-electron chi connectivity index (χ2n) is 6.40. The average Bonchev–Trinajstić information content (AvgIpc) is 2.48. The molecule has 0 heterocycles. The third kappa shape index (κ3) is 5.50. The monoisotopic (exact) mass is 289 g/mol. The lowest BCUT2D eigenvalue weighted by Crippen LogP contribution is -2.38. The van der Waals surface area contributed by atoms with E-state index in [9.17, 15) is 4.79 Å². The van der Waals surface area contributed by atoms with Gasteiger partial charge < -0.3 is 10.4 Å². The summed E-state index contributed by atoms with van der Waals surface area (Å²) in [4.78, 5) is 11.1. The lowest BCUT2D eigenvalue weighted by atomic mass is 9.71. The molecule has 2 N–H and O–H groups in total. The van der Waals surface area contributed by atoms with Crippen LogP contribution in [0.4, 0.5) is 0 Å². The molecule has 21 heavy (non-hydrogen) atoms. The van der Waals surface area contributed by atoms with Crippen LogP contribution in [0.15, 0.2) is 30.3 Å². The minimum absolute atomic E-state index is 0.00314. The van der Waals surface area contributed by atoms with E-state index in [0.29, 0.717) is 6.42 Å². The van der Waals surface area contributed by atoms with Gasteiger partial charge in [0.1, 0.15) is 0 Å². The van der Waals surface area contributed by atoms with Gasteiger partial charge in [0.15, 0.2) is 0 Å². The van der Waals surface area contributed by atoms with E-state index in [0.717, 1.165) is 38.8 Å². The summed E-state index contributed by atoms with van der Waals surface area (Å²) in [7, 11) is 0. The summed E-state index contributed by atoms with van der Waals surface area (Å²) < 4.78 is 0. The molecule has 1 saturated carbocycles. The number of hydrogen-bond donors (Lipinski definition) is 2. The van der Waals surface area contributed by atoms with Crippen LogP contribution in [0, 0.1) is 5.41 Å². The maximum absolute atomic E-state index is 11.1. The van der Waals surface area contributed by atoms with Crippen molar-refractivity contribution < 1.29 is 9.90 Å². The fraction of sp³-hybridized carbons (Fsp3) is 0.611. The van der Waals surface area contributed by atoms with E-state index in [1.807, 2.05) is 6.07 Å². The topological polar surface area (TPSA) is 49.3 Å². The van der Waals surface area contributed by atoms with Crippen LogP contribution in [0.1, 0.15) is 50.5 Å². The molecule has 116 valence electrons. The molecule has 1 aliphatic rings. The molecule has 0 aliphatic heterocycles. The summed E-state index contributed by atoms with van der Waals surface area (Å²) in [5.74, 6) is -0.650. The second kappa shape index (κ2) is 8.18. The zero-order chi connectivity index (χ0) is 15.0. The van der Waals surface area contributed by atoms with E-state index < -0.39 is 5.97 Å². The van der Waals surface area contributed by atoms with Gasteiger partial charge in [-0.2, -0.15) is 0 Å². The zero-order valence-electron chi connectivity index (χ0n) is 12.8. The molecule has 3 nitrogen and oxygen atoms in total. The maximum Gasteiger partial charge on any atom is 0.303 e. The number of carbonyl (C=O) groups is 1. The smallest absolute Gasteiger partial charge is 0.303 e. The van der Waals surface area contributed by atoms with Crippen LogP contribution in [0.3, 0.4) is 0 Å². The first-order valence-corrected chi connectivity index (χ1v) is 8.17. The van der Waals surface area contributed by atoms with Crippen LogP contribution in [-0.2, 0) is 11.2 Å². The minimum Gasteiger partial charge on any atom is -0.481 e. The van der Waals surface area contributed by atoms with Gasteiger partial charge in [0, 0.05) is 6.54 Å². The lowest BCUT2D eigenvalue weighted by molar-refractivity contribution is -0.140. The van der Waals surface area contributed by atoms with E-state index in [-0.39, 0.29) is 5.41 Å². The van der Waals surface area contributed by atoms with Crippen LogP contribution in [0.5, 0.6) is 0 Å². The Morgan fingerprint density at radius 3 is 2.52 bits per heavy atom. The number of nitrogens with one attached hydrogen (secondary N) is 1. The summed E-state index contributed by atoms with van der Waals surface area (Å²) in [5.41, 5.74) is 1.37. The van der Waals surface area contributed by atoms with Crippen molar-refractivity contribution in [3.8, 4) is 0 Å². The predicted molar refractivity (Wildman–Crippen MR) is 85.4 cm³/mol. The molecular formula is C18H27NO2. The molecule has 1 aliphatic carbocycles. The molecule has 0 unspecified atom stereocenters. The van der Waals surface area contributed by atoms with Crippen molar-refractivity contribution in [3.05, 3.63) is 35.9 Å². The largest absolute Gasteiger partial charge is 0.481 e. The Morgan fingerprint density at radius 1 is 1.14 bits per heavy atom. The van der Waals surface area contributed by atoms with Crippen molar-refractivity contribution in [2.24, 2.45) is 5.41 Å². The molecule has 2 rings (SSSR count). The van der Waals surface area contributed by atoms with Gasteiger partial charge in [-0.15, -0.1) is 0 Å². The Kier molecular flexibility index (Phi) is 6.24. The van der Waals surface area contributed by atoms with Gasteiger partial charge in [0.25, 0.3) is 0 Å². The highest BCUT2D eigenvalue weighted by Gasteiger charge is 2.33. The Morgan fingerprint density at radius 2 is 1.86 bits per heavy atom. The number of benzene rings is 1. The zero-order valence-corrected chi connectivity index (χ0v) is 12.8. The van der Waals surface area contributed by atoms with E-state index in [1.54, 1.807) is 0 Å². The third-order valence-corrected chi connectivity index (χ3v) is 4.60. The SMILES string of the molecule is O=C(O)CC1(CNCCCc2ccccc2)CCCCC1. The first kappa shape index (κ1) is 16.0. The van der Waals surface area contributed by atoms with Gasteiger partial charge >= 0.3 is 5.97 Å². The third-order valence-electron chi connectivity index (χ3n) is 4.60. The second-order valence-corrected chi connectivity index (χ2v) is 6.40. The predicted octanol–water partition coefficient (Wildman–Crippen LogP) is 3.63. The summed E-state index contributed by atoms with van der Waals surface area (Å²) in [6.45, 7) is 1.82. The summed E-state index contributed by atoms with van der Waals surface area (Å²) in [6, 6.07) is 10.5. The summed E-state index contributed by atoms with van der Waals surface area (Å²) in [5, 5.41) is 12.7. The molecular weight excluding hydrogens is 262 g/mol. The molecule has 0 saturated heterocycles. The fourth-order valence-corrected chi connectivity index (χ4v) is 3.45. The van der Waals surface area contributed by atoms with Crippen molar-refractivity contribution in [2.75, 3.05) is 13.1 Å². The van der Waals surface area contributed by atoms with Crippen LogP contribution in [0.25, 0.3) is 0 Å². The van der Waals surface area contributed by atoms with Crippen LogP contribution in [0.2, 0.25) is 0 Å². The molecule has 0 aromatic heterocycles. The van der Waals surface area contributed by atoms with Crippen LogP contribution >= 0.6 is 0 Å². The molecule has 0 bridgehead atoms. The van der Waals surface area contributed by atoms with Crippen molar-refractivity contribution in [1.82, 2.24) is 5.32 Å². The molecule has 1 fully saturated rings. The Labute approximate surface area is 127 Å². The van der Waals surface area contributed by atoms with E-state index in [4.69, 9.17) is 5.11 Å². The number of aliphatic carboxylic acids is 1. The number of aryl methyl sites for hydroxylation is 1. The fourth-order valence-electron chi connectivity index (χ4n) is 3.45. The van der Waals surface area contributed by atoms with Crippen molar-refractivity contribution >= 4 is 5.97 Å². The Balaban J connectivity index is 1.70. The van der Waals surface area contributed by atoms with E-state index >= 15 is 0 Å². The molecule has 0 atom stereocenters. The Bertz CT molecular complexity index is 424. The van der Waals surface area contributed by atoms with Gasteiger partial charge in [-0.25, -0.2) is 0 Å². The van der Waals surface area contributed by atoms with Crippen LogP contribution in [-0.4, -0.2) is 24.2 Å². The highest BCUT2D eigenvalue weighted by molar-refractivity contribution is 5.67. The molecule has 0 radical (unpaired) electrons. The van der Waals surface area contributed by atoms with Crippen LogP contribution < -0.4 is 5.32 Å². The highest BCUT2D eigenvalue weighted by atomic mass is 16.4. The van der Waals surface area contributed by atoms with Gasteiger partial charge in [-0.05, 0) is 43.2 Å². The summed E-state index contributed by atoms with van der Waals surface area (Å²) >= 11 is 0. The molecule has 1 aromatic rings. The summed E-state index contributed by atoms with van der Waals surface area (Å²) in [6.07, 6.45) is 8.24. The maximum atomic E-state index is 11.1. The van der Waals surface area contributed by atoms with Gasteiger partial charge in [-0.3, -0.25) is 4.79 Å². The molecule has 3 heteroatoms. The Hall–Kier alpha value is -1.35. The average molecular weight is 289 g/mol. The van der Waals surface area contributed by atoms with Gasteiger partial charge in [0.05, 0.1) is 6.42 Å².